The maximum Gasteiger partial charge on any atom is 0.416 e. The minimum Gasteiger partial charge on any atom is -0.445 e. The van der Waals surface area contributed by atoms with Gasteiger partial charge in [0.15, 0.2) is 0 Å². The Morgan fingerprint density at radius 2 is 1.81 bits per heavy atom. The van der Waals surface area contributed by atoms with Crippen LogP contribution in [-0.2, 0) is 17.5 Å². The molecular weight excluding hydrogens is 497 g/mol. The van der Waals surface area contributed by atoms with Crippen molar-refractivity contribution in [2.24, 2.45) is 0 Å². The van der Waals surface area contributed by atoms with Gasteiger partial charge in [-0.3, -0.25) is 9.59 Å². The van der Waals surface area contributed by atoms with Gasteiger partial charge in [-0.1, -0.05) is 30.3 Å². The SMILES string of the molecule is CC(NC(=O)OCc1ccccc1)c1ncc(C(=O)Nc2cc(C(=O)N(C)C)cc(C(F)(F)F)c2)s1. The molecule has 0 saturated heterocycles. The average Bonchev–Trinajstić information content (AvgIpc) is 3.33. The Labute approximate surface area is 209 Å². The van der Waals surface area contributed by atoms with Crippen molar-refractivity contribution in [2.45, 2.75) is 25.7 Å². The Morgan fingerprint density at radius 3 is 2.44 bits per heavy atom. The van der Waals surface area contributed by atoms with Crippen LogP contribution in [0.3, 0.4) is 0 Å². The standard InChI is InChI=1S/C24H23F3N4O4S/c1-14(29-23(34)35-13-15-7-5-4-6-8-15)21-28-12-19(36-21)20(32)30-18-10-16(22(33)31(2)3)9-17(11-18)24(25,26)27/h4-12,14H,13H2,1-3H3,(H,29,34)(H,30,32). The molecule has 0 bridgehead atoms. The molecule has 2 aromatic carbocycles. The first kappa shape index (κ1) is 26.7. The average molecular weight is 521 g/mol. The van der Waals surface area contributed by atoms with E-state index in [9.17, 15) is 27.6 Å². The summed E-state index contributed by atoms with van der Waals surface area (Å²) >= 11 is 0.959. The second-order valence-electron chi connectivity index (χ2n) is 7.94. The van der Waals surface area contributed by atoms with E-state index in [1.165, 1.54) is 26.4 Å². The molecule has 1 atom stereocenters. The third-order valence-corrected chi connectivity index (χ3v) is 6.02. The van der Waals surface area contributed by atoms with Gasteiger partial charge in [-0.15, -0.1) is 11.3 Å². The number of anilines is 1. The number of halogens is 3. The molecule has 1 unspecified atom stereocenters. The first-order chi connectivity index (χ1) is 16.9. The number of aromatic nitrogens is 1. The zero-order valence-electron chi connectivity index (χ0n) is 19.6. The fourth-order valence-electron chi connectivity index (χ4n) is 3.03. The molecule has 1 heterocycles. The lowest BCUT2D eigenvalue weighted by molar-refractivity contribution is -0.137. The zero-order chi connectivity index (χ0) is 26.5. The van der Waals surface area contributed by atoms with E-state index < -0.39 is 35.7 Å². The minimum absolute atomic E-state index is 0.0836. The summed E-state index contributed by atoms with van der Waals surface area (Å²) in [6.45, 7) is 1.73. The number of benzene rings is 2. The molecular formula is C24H23F3N4O4S. The van der Waals surface area contributed by atoms with E-state index in [4.69, 9.17) is 4.74 Å². The fraction of sp³-hybridized carbons (Fsp3) is 0.250. The molecule has 0 aliphatic rings. The first-order valence-corrected chi connectivity index (χ1v) is 11.4. The van der Waals surface area contributed by atoms with Gasteiger partial charge in [0.2, 0.25) is 0 Å². The summed E-state index contributed by atoms with van der Waals surface area (Å²) in [5.41, 5.74) is -0.659. The highest BCUT2D eigenvalue weighted by molar-refractivity contribution is 7.13. The van der Waals surface area contributed by atoms with Crippen LogP contribution < -0.4 is 10.6 Å². The number of hydrogen-bond donors (Lipinski definition) is 2. The van der Waals surface area contributed by atoms with Crippen molar-refractivity contribution in [1.29, 1.82) is 0 Å². The van der Waals surface area contributed by atoms with Crippen LogP contribution in [0.15, 0.2) is 54.7 Å². The lowest BCUT2D eigenvalue weighted by Gasteiger charge is -2.15. The molecule has 0 radical (unpaired) electrons. The summed E-state index contributed by atoms with van der Waals surface area (Å²) in [5.74, 6) is -1.35. The van der Waals surface area contributed by atoms with Crippen LogP contribution in [0.4, 0.5) is 23.7 Å². The van der Waals surface area contributed by atoms with Crippen LogP contribution in [-0.4, -0.2) is 41.9 Å². The maximum absolute atomic E-state index is 13.3. The van der Waals surface area contributed by atoms with Crippen LogP contribution in [0.5, 0.6) is 0 Å². The minimum atomic E-state index is -4.71. The molecule has 190 valence electrons. The van der Waals surface area contributed by atoms with Crippen molar-refractivity contribution in [1.82, 2.24) is 15.2 Å². The number of ether oxygens (including phenoxy) is 1. The molecule has 0 saturated carbocycles. The first-order valence-electron chi connectivity index (χ1n) is 10.6. The Kier molecular flexibility index (Phi) is 8.30. The van der Waals surface area contributed by atoms with Crippen LogP contribution in [0.2, 0.25) is 0 Å². The number of carbonyl (C=O) groups is 3. The summed E-state index contributed by atoms with van der Waals surface area (Å²) in [6.07, 6.45) is -4.13. The highest BCUT2D eigenvalue weighted by Crippen LogP contribution is 2.32. The van der Waals surface area contributed by atoms with Gasteiger partial charge in [-0.25, -0.2) is 9.78 Å². The van der Waals surface area contributed by atoms with Crippen LogP contribution in [0, 0.1) is 0 Å². The van der Waals surface area contributed by atoms with Gasteiger partial charge >= 0.3 is 12.3 Å². The molecule has 0 spiro atoms. The molecule has 3 amide bonds. The van der Waals surface area contributed by atoms with Crippen LogP contribution in [0.25, 0.3) is 0 Å². The van der Waals surface area contributed by atoms with Crippen molar-refractivity contribution in [3.8, 4) is 0 Å². The van der Waals surface area contributed by atoms with Gasteiger partial charge < -0.3 is 20.3 Å². The number of nitrogens with one attached hydrogen (secondary N) is 2. The molecule has 1 aromatic heterocycles. The van der Waals surface area contributed by atoms with Crippen LogP contribution >= 0.6 is 11.3 Å². The molecule has 0 aliphatic carbocycles. The van der Waals surface area contributed by atoms with Gasteiger partial charge in [0.05, 0.1) is 17.8 Å². The number of thiazole rings is 1. The highest BCUT2D eigenvalue weighted by Gasteiger charge is 2.32. The van der Waals surface area contributed by atoms with Crippen molar-refractivity contribution in [2.75, 3.05) is 19.4 Å². The van der Waals surface area contributed by atoms with Crippen molar-refractivity contribution < 1.29 is 32.3 Å². The van der Waals surface area contributed by atoms with E-state index in [0.29, 0.717) is 5.01 Å². The Bertz CT molecular complexity index is 1250. The second kappa shape index (κ2) is 11.2. The number of amides is 3. The number of alkyl carbamates (subject to hydrolysis) is 1. The van der Waals surface area contributed by atoms with Crippen molar-refractivity contribution in [3.63, 3.8) is 0 Å². The maximum atomic E-state index is 13.3. The normalized spacial score (nSPS) is 11.9. The second-order valence-corrected chi connectivity index (χ2v) is 9.00. The third kappa shape index (κ3) is 7.04. The monoisotopic (exact) mass is 520 g/mol. The molecule has 36 heavy (non-hydrogen) atoms. The summed E-state index contributed by atoms with van der Waals surface area (Å²) < 4.78 is 45.2. The number of rotatable bonds is 7. The summed E-state index contributed by atoms with van der Waals surface area (Å²) in [5, 5.41) is 5.39. The van der Waals surface area contributed by atoms with E-state index >= 15 is 0 Å². The van der Waals surface area contributed by atoms with Crippen molar-refractivity contribution >= 4 is 34.9 Å². The molecule has 2 N–H and O–H groups in total. The third-order valence-electron chi connectivity index (χ3n) is 4.84. The lowest BCUT2D eigenvalue weighted by atomic mass is 10.1. The Balaban J connectivity index is 1.67. The number of carbonyl (C=O) groups excluding carboxylic acids is 3. The van der Waals surface area contributed by atoms with Gasteiger partial charge in [-0.2, -0.15) is 13.2 Å². The summed E-state index contributed by atoms with van der Waals surface area (Å²) in [7, 11) is 2.82. The Hall–Kier alpha value is -3.93. The molecule has 0 aliphatic heterocycles. The molecule has 12 heteroatoms. The summed E-state index contributed by atoms with van der Waals surface area (Å²) in [4.78, 5) is 42.3. The fourth-order valence-corrected chi connectivity index (χ4v) is 3.85. The lowest BCUT2D eigenvalue weighted by Crippen LogP contribution is -2.27. The van der Waals surface area contributed by atoms with Gasteiger partial charge in [0, 0.05) is 25.3 Å². The molecule has 8 nitrogen and oxygen atoms in total. The largest absolute Gasteiger partial charge is 0.445 e. The van der Waals surface area contributed by atoms with E-state index in [1.807, 2.05) is 30.3 Å². The van der Waals surface area contributed by atoms with Gasteiger partial charge in [0.25, 0.3) is 11.8 Å². The number of hydrogen-bond acceptors (Lipinski definition) is 6. The number of nitrogens with zero attached hydrogens (tertiary/aromatic N) is 2. The smallest absolute Gasteiger partial charge is 0.416 e. The van der Waals surface area contributed by atoms with E-state index in [0.717, 1.165) is 33.9 Å². The van der Waals surface area contributed by atoms with Gasteiger partial charge in [0.1, 0.15) is 16.5 Å². The predicted molar refractivity (Wildman–Crippen MR) is 128 cm³/mol. The highest BCUT2D eigenvalue weighted by atomic mass is 32.1. The topological polar surface area (TPSA) is 101 Å². The Morgan fingerprint density at radius 1 is 1.11 bits per heavy atom. The number of alkyl halides is 3. The van der Waals surface area contributed by atoms with Crippen molar-refractivity contribution in [3.05, 3.63) is 81.3 Å². The van der Waals surface area contributed by atoms with Crippen LogP contribution in [0.1, 0.15) is 49.1 Å². The predicted octanol–water partition coefficient (Wildman–Crippen LogP) is 5.10. The quantitative estimate of drug-likeness (QED) is 0.451. The molecule has 0 fully saturated rings. The van der Waals surface area contributed by atoms with E-state index in [1.54, 1.807) is 6.92 Å². The molecule has 3 rings (SSSR count). The van der Waals surface area contributed by atoms with E-state index in [2.05, 4.69) is 15.6 Å². The zero-order valence-corrected chi connectivity index (χ0v) is 20.4. The van der Waals surface area contributed by atoms with Gasteiger partial charge in [-0.05, 0) is 30.7 Å². The van der Waals surface area contributed by atoms with E-state index in [-0.39, 0.29) is 22.7 Å². The molecule has 3 aromatic rings. The summed E-state index contributed by atoms with van der Waals surface area (Å²) in [6, 6.07) is 11.2.